The van der Waals surface area contributed by atoms with Gasteiger partial charge < -0.3 is 10.4 Å². The van der Waals surface area contributed by atoms with Gasteiger partial charge in [-0.1, -0.05) is 13.8 Å². The minimum absolute atomic E-state index is 0.233. The van der Waals surface area contributed by atoms with E-state index in [0.29, 0.717) is 12.6 Å². The summed E-state index contributed by atoms with van der Waals surface area (Å²) in [6, 6.07) is 0.701. The lowest BCUT2D eigenvalue weighted by Gasteiger charge is -2.29. The third kappa shape index (κ3) is 4.67. The van der Waals surface area contributed by atoms with E-state index in [1.807, 2.05) is 0 Å². The highest BCUT2D eigenvalue weighted by Crippen LogP contribution is 2.21. The van der Waals surface area contributed by atoms with Crippen LogP contribution in [-0.4, -0.2) is 35.8 Å². The van der Waals surface area contributed by atoms with Crippen LogP contribution in [0.25, 0.3) is 0 Å². The van der Waals surface area contributed by atoms with Crippen molar-refractivity contribution in [3.05, 3.63) is 0 Å². The SMILES string of the molecule is CC(C)(CCO)CNC1CCCSC1. The number of aliphatic hydroxyl groups is 1. The molecule has 2 N–H and O–H groups in total. The van der Waals surface area contributed by atoms with Gasteiger partial charge in [0.15, 0.2) is 0 Å². The molecule has 0 aromatic heterocycles. The van der Waals surface area contributed by atoms with Gasteiger partial charge in [0.2, 0.25) is 0 Å². The van der Waals surface area contributed by atoms with Crippen LogP contribution in [0, 0.1) is 5.41 Å². The van der Waals surface area contributed by atoms with Gasteiger partial charge in [-0.2, -0.15) is 11.8 Å². The van der Waals surface area contributed by atoms with Crippen LogP contribution in [0.2, 0.25) is 0 Å². The lowest BCUT2D eigenvalue weighted by Crippen LogP contribution is -2.40. The van der Waals surface area contributed by atoms with Crippen LogP contribution in [0.15, 0.2) is 0 Å². The van der Waals surface area contributed by atoms with Crippen molar-refractivity contribution >= 4 is 11.8 Å². The maximum Gasteiger partial charge on any atom is 0.0436 e. The molecule has 1 aliphatic heterocycles. The molecule has 1 fully saturated rings. The van der Waals surface area contributed by atoms with Crippen molar-refractivity contribution < 1.29 is 5.11 Å². The fraction of sp³-hybridized carbons (Fsp3) is 1.00. The highest BCUT2D eigenvalue weighted by Gasteiger charge is 2.20. The molecule has 0 aromatic rings. The van der Waals surface area contributed by atoms with Crippen LogP contribution in [-0.2, 0) is 0 Å². The van der Waals surface area contributed by atoms with E-state index in [-0.39, 0.29) is 5.41 Å². The summed E-state index contributed by atoms with van der Waals surface area (Å²) in [5.41, 5.74) is 0.233. The summed E-state index contributed by atoms with van der Waals surface area (Å²) in [4.78, 5) is 0. The molecule has 1 saturated heterocycles. The Bertz CT molecular complexity index is 155. The summed E-state index contributed by atoms with van der Waals surface area (Å²) in [5.74, 6) is 2.59. The van der Waals surface area contributed by atoms with Crippen molar-refractivity contribution in [2.75, 3.05) is 24.7 Å². The molecule has 1 rings (SSSR count). The first-order valence-corrected chi connectivity index (χ1v) is 6.71. The van der Waals surface area contributed by atoms with Crippen LogP contribution in [0.5, 0.6) is 0 Å². The zero-order valence-electron chi connectivity index (χ0n) is 9.38. The van der Waals surface area contributed by atoms with Gasteiger partial charge in [0, 0.05) is 24.9 Å². The van der Waals surface area contributed by atoms with Crippen LogP contribution in [0.1, 0.15) is 33.1 Å². The second-order valence-corrected chi connectivity index (χ2v) is 6.08. The summed E-state index contributed by atoms with van der Waals surface area (Å²) >= 11 is 2.06. The molecule has 1 heterocycles. The molecule has 0 saturated carbocycles. The Labute approximate surface area is 91.9 Å². The number of hydrogen-bond acceptors (Lipinski definition) is 3. The Balaban J connectivity index is 2.17. The zero-order valence-corrected chi connectivity index (χ0v) is 10.2. The van der Waals surface area contributed by atoms with Gasteiger partial charge in [0.05, 0.1) is 0 Å². The number of aliphatic hydroxyl groups excluding tert-OH is 1. The molecule has 1 atom stereocenters. The largest absolute Gasteiger partial charge is 0.396 e. The molecule has 0 aromatic carbocycles. The first-order valence-electron chi connectivity index (χ1n) is 5.56. The van der Waals surface area contributed by atoms with Crippen molar-refractivity contribution in [1.29, 1.82) is 0 Å². The molecule has 1 unspecified atom stereocenters. The monoisotopic (exact) mass is 217 g/mol. The molecule has 0 amide bonds. The van der Waals surface area contributed by atoms with Crippen LogP contribution in [0.3, 0.4) is 0 Å². The number of thioether (sulfide) groups is 1. The third-order valence-electron chi connectivity index (χ3n) is 2.82. The van der Waals surface area contributed by atoms with E-state index in [1.165, 1.54) is 24.3 Å². The van der Waals surface area contributed by atoms with Crippen molar-refractivity contribution in [2.45, 2.75) is 39.2 Å². The zero-order chi connectivity index (χ0) is 10.4. The Morgan fingerprint density at radius 3 is 2.86 bits per heavy atom. The maximum absolute atomic E-state index is 8.91. The second-order valence-electron chi connectivity index (χ2n) is 4.93. The smallest absolute Gasteiger partial charge is 0.0436 e. The van der Waals surface area contributed by atoms with E-state index in [2.05, 4.69) is 30.9 Å². The number of hydrogen-bond donors (Lipinski definition) is 2. The fourth-order valence-corrected chi connectivity index (χ4v) is 2.82. The minimum Gasteiger partial charge on any atom is -0.396 e. The summed E-state index contributed by atoms with van der Waals surface area (Å²) < 4.78 is 0. The summed E-state index contributed by atoms with van der Waals surface area (Å²) in [6.45, 7) is 5.76. The topological polar surface area (TPSA) is 32.3 Å². The van der Waals surface area contributed by atoms with E-state index in [9.17, 15) is 0 Å². The molecular formula is C11H23NOS. The molecule has 0 spiro atoms. The quantitative estimate of drug-likeness (QED) is 0.737. The molecule has 0 radical (unpaired) electrons. The van der Waals surface area contributed by atoms with Gasteiger partial charge in [0.25, 0.3) is 0 Å². The molecule has 0 aliphatic carbocycles. The standard InChI is InChI=1S/C11H23NOS/c1-11(2,5-6-13)9-12-10-4-3-7-14-8-10/h10,12-13H,3-9H2,1-2H3. The number of nitrogens with one attached hydrogen (secondary N) is 1. The van der Waals surface area contributed by atoms with Gasteiger partial charge in [-0.3, -0.25) is 0 Å². The van der Waals surface area contributed by atoms with Crippen LogP contribution >= 0.6 is 11.8 Å². The predicted octanol–water partition coefficient (Wildman–Crippen LogP) is 1.88. The van der Waals surface area contributed by atoms with E-state index < -0.39 is 0 Å². The summed E-state index contributed by atoms with van der Waals surface area (Å²) in [6.07, 6.45) is 3.56. The summed E-state index contributed by atoms with van der Waals surface area (Å²) in [5, 5.41) is 12.5. The van der Waals surface area contributed by atoms with Crippen LogP contribution in [0.4, 0.5) is 0 Å². The molecule has 2 nitrogen and oxygen atoms in total. The Hall–Kier alpha value is 0.270. The maximum atomic E-state index is 8.91. The first-order chi connectivity index (χ1) is 6.64. The minimum atomic E-state index is 0.233. The Morgan fingerprint density at radius 2 is 2.29 bits per heavy atom. The van der Waals surface area contributed by atoms with Crippen molar-refractivity contribution in [1.82, 2.24) is 5.32 Å². The van der Waals surface area contributed by atoms with Crippen molar-refractivity contribution in [3.63, 3.8) is 0 Å². The van der Waals surface area contributed by atoms with Gasteiger partial charge in [-0.15, -0.1) is 0 Å². The molecular weight excluding hydrogens is 194 g/mol. The summed E-state index contributed by atoms with van der Waals surface area (Å²) in [7, 11) is 0. The molecule has 14 heavy (non-hydrogen) atoms. The van der Waals surface area contributed by atoms with Gasteiger partial charge in [-0.25, -0.2) is 0 Å². The second kappa shape index (κ2) is 5.99. The lowest BCUT2D eigenvalue weighted by molar-refractivity contribution is 0.203. The average Bonchev–Trinajstić information content (AvgIpc) is 2.17. The van der Waals surface area contributed by atoms with Gasteiger partial charge in [-0.05, 0) is 30.4 Å². The predicted molar refractivity (Wildman–Crippen MR) is 63.8 cm³/mol. The van der Waals surface area contributed by atoms with Crippen molar-refractivity contribution in [3.8, 4) is 0 Å². The van der Waals surface area contributed by atoms with Gasteiger partial charge >= 0.3 is 0 Å². The Morgan fingerprint density at radius 1 is 1.50 bits per heavy atom. The first kappa shape index (κ1) is 12.3. The van der Waals surface area contributed by atoms with Crippen molar-refractivity contribution in [2.24, 2.45) is 5.41 Å². The van der Waals surface area contributed by atoms with E-state index in [4.69, 9.17) is 5.11 Å². The normalized spacial score (nSPS) is 23.8. The van der Waals surface area contributed by atoms with Gasteiger partial charge in [0.1, 0.15) is 0 Å². The molecule has 0 bridgehead atoms. The van der Waals surface area contributed by atoms with E-state index >= 15 is 0 Å². The fourth-order valence-electron chi connectivity index (χ4n) is 1.71. The highest BCUT2D eigenvalue weighted by atomic mass is 32.2. The molecule has 3 heteroatoms. The molecule has 1 aliphatic rings. The highest BCUT2D eigenvalue weighted by molar-refractivity contribution is 7.99. The Kier molecular flexibility index (Phi) is 5.28. The lowest BCUT2D eigenvalue weighted by atomic mass is 9.89. The average molecular weight is 217 g/mol. The third-order valence-corrected chi connectivity index (χ3v) is 4.03. The van der Waals surface area contributed by atoms with E-state index in [0.717, 1.165) is 13.0 Å². The number of rotatable bonds is 5. The van der Waals surface area contributed by atoms with Crippen LogP contribution < -0.4 is 5.32 Å². The molecule has 84 valence electrons. The van der Waals surface area contributed by atoms with E-state index in [1.54, 1.807) is 0 Å².